The number of amides is 2. The van der Waals surface area contributed by atoms with Gasteiger partial charge in [0.25, 0.3) is 10.0 Å². The molecule has 39 heavy (non-hydrogen) atoms. The fourth-order valence-corrected chi connectivity index (χ4v) is 5.83. The molecule has 1 atom stereocenters. The van der Waals surface area contributed by atoms with Gasteiger partial charge in [0.2, 0.25) is 11.8 Å². The normalized spacial score (nSPS) is 12.0. The summed E-state index contributed by atoms with van der Waals surface area (Å²) in [6, 6.07) is 19.7. The highest BCUT2D eigenvalue weighted by Crippen LogP contribution is 2.26. The van der Waals surface area contributed by atoms with Crippen LogP contribution in [0, 0.1) is 6.92 Å². The average molecular weight is 588 g/mol. The molecule has 3 aromatic rings. The fraction of sp³-hybridized carbons (Fsp3) is 0.310. The van der Waals surface area contributed by atoms with Gasteiger partial charge in [-0.25, -0.2) is 8.42 Å². The molecule has 0 aliphatic rings. The molecule has 0 aliphatic heterocycles. The Balaban J connectivity index is 2.00. The number of nitrogens with zero attached hydrogens (tertiary/aromatic N) is 2. The molecule has 0 heterocycles. The average Bonchev–Trinajstić information content (AvgIpc) is 2.94. The first-order valence-electron chi connectivity index (χ1n) is 12.6. The Hall–Kier alpha value is -3.01. The maximum atomic E-state index is 13.9. The van der Waals surface area contributed by atoms with E-state index in [-0.39, 0.29) is 17.3 Å². The van der Waals surface area contributed by atoms with Gasteiger partial charge in [0.15, 0.2) is 0 Å². The first-order valence-corrected chi connectivity index (χ1v) is 15.7. The topological polar surface area (TPSA) is 86.8 Å². The maximum Gasteiger partial charge on any atom is 0.264 e. The smallest absolute Gasteiger partial charge is 0.264 e. The van der Waals surface area contributed by atoms with Crippen molar-refractivity contribution in [3.05, 3.63) is 88.9 Å². The lowest BCUT2D eigenvalue weighted by atomic mass is 10.1. The summed E-state index contributed by atoms with van der Waals surface area (Å²) in [7, 11) is -4.10. The van der Waals surface area contributed by atoms with Crippen LogP contribution in [0.3, 0.4) is 0 Å². The molecule has 0 fully saturated rings. The number of thioether (sulfide) groups is 1. The molecular weight excluding hydrogens is 554 g/mol. The summed E-state index contributed by atoms with van der Waals surface area (Å²) in [6.07, 6.45) is 2.66. The van der Waals surface area contributed by atoms with Gasteiger partial charge < -0.3 is 10.2 Å². The van der Waals surface area contributed by atoms with Crippen LogP contribution in [0.4, 0.5) is 5.69 Å². The minimum absolute atomic E-state index is 0.0756. The Kier molecular flexibility index (Phi) is 10.9. The van der Waals surface area contributed by atoms with Crippen molar-refractivity contribution < 1.29 is 18.0 Å². The highest BCUT2D eigenvalue weighted by molar-refractivity contribution is 7.98. The van der Waals surface area contributed by atoms with Crippen molar-refractivity contribution in [2.75, 3.05) is 23.7 Å². The number of aryl methyl sites for hydroxylation is 1. The standard InChI is InChI=1S/C29H34ClN3O4S2/c1-5-18-31-29(35)22(3)32(19-23-8-10-24(30)11-9-23)28(34)20-33(25-12-6-21(2)7-13-25)39(36,37)27-16-14-26(38-4)15-17-27/h6-17,22H,5,18-20H2,1-4H3,(H,31,35). The van der Waals surface area contributed by atoms with Crippen LogP contribution in [-0.4, -0.2) is 50.5 Å². The van der Waals surface area contributed by atoms with Gasteiger partial charge in [-0.2, -0.15) is 0 Å². The lowest BCUT2D eigenvalue weighted by molar-refractivity contribution is -0.139. The summed E-state index contributed by atoms with van der Waals surface area (Å²) in [4.78, 5) is 29.2. The summed E-state index contributed by atoms with van der Waals surface area (Å²) in [5.74, 6) is -0.814. The van der Waals surface area contributed by atoms with Gasteiger partial charge in [-0.3, -0.25) is 13.9 Å². The quantitative estimate of drug-likeness (QED) is 0.282. The summed E-state index contributed by atoms with van der Waals surface area (Å²) < 4.78 is 28.8. The van der Waals surface area contributed by atoms with Gasteiger partial charge in [0.1, 0.15) is 12.6 Å². The number of hydrogen-bond acceptors (Lipinski definition) is 5. The molecule has 1 unspecified atom stereocenters. The van der Waals surface area contributed by atoms with Crippen LogP contribution in [0.15, 0.2) is 82.6 Å². The molecule has 10 heteroatoms. The second-order valence-corrected chi connectivity index (χ2v) is 12.3. The van der Waals surface area contributed by atoms with E-state index in [1.807, 2.05) is 20.1 Å². The SMILES string of the molecule is CCCNC(=O)C(C)N(Cc1ccc(Cl)cc1)C(=O)CN(c1ccc(C)cc1)S(=O)(=O)c1ccc(SC)cc1. The van der Waals surface area contributed by atoms with E-state index in [0.29, 0.717) is 17.3 Å². The molecule has 0 aliphatic carbocycles. The molecule has 7 nitrogen and oxygen atoms in total. The molecule has 0 aromatic heterocycles. The predicted molar refractivity (Wildman–Crippen MR) is 159 cm³/mol. The van der Waals surface area contributed by atoms with Gasteiger partial charge >= 0.3 is 0 Å². The zero-order valence-corrected chi connectivity index (χ0v) is 24.9. The molecule has 0 radical (unpaired) electrons. The number of benzene rings is 3. The third kappa shape index (κ3) is 8.00. The van der Waals surface area contributed by atoms with E-state index in [1.54, 1.807) is 79.7 Å². The van der Waals surface area contributed by atoms with Gasteiger partial charge in [-0.05, 0) is 80.6 Å². The molecule has 2 amide bonds. The van der Waals surface area contributed by atoms with Crippen molar-refractivity contribution in [2.45, 2.75) is 49.6 Å². The summed E-state index contributed by atoms with van der Waals surface area (Å²) >= 11 is 7.54. The number of rotatable bonds is 12. The molecular formula is C29H34ClN3O4S2. The van der Waals surface area contributed by atoms with Crippen LogP contribution in [0.1, 0.15) is 31.4 Å². The zero-order chi connectivity index (χ0) is 28.6. The van der Waals surface area contributed by atoms with Crippen LogP contribution < -0.4 is 9.62 Å². The Labute approximate surface area is 240 Å². The number of carbonyl (C=O) groups excluding carboxylic acids is 2. The molecule has 0 spiro atoms. The number of hydrogen-bond donors (Lipinski definition) is 1. The number of halogens is 1. The maximum absolute atomic E-state index is 13.9. The van der Waals surface area contributed by atoms with E-state index in [4.69, 9.17) is 11.6 Å². The van der Waals surface area contributed by atoms with E-state index in [2.05, 4.69) is 5.32 Å². The van der Waals surface area contributed by atoms with E-state index in [0.717, 1.165) is 26.7 Å². The number of carbonyl (C=O) groups is 2. The number of nitrogens with one attached hydrogen (secondary N) is 1. The molecule has 0 saturated heterocycles. The zero-order valence-electron chi connectivity index (χ0n) is 22.6. The van der Waals surface area contributed by atoms with Crippen LogP contribution in [-0.2, 0) is 26.2 Å². The Morgan fingerprint density at radius 2 is 1.59 bits per heavy atom. The van der Waals surface area contributed by atoms with Crippen molar-refractivity contribution in [3.8, 4) is 0 Å². The molecule has 3 rings (SSSR count). The highest BCUT2D eigenvalue weighted by Gasteiger charge is 2.32. The Morgan fingerprint density at radius 1 is 0.974 bits per heavy atom. The van der Waals surface area contributed by atoms with E-state index in [9.17, 15) is 18.0 Å². The number of anilines is 1. The van der Waals surface area contributed by atoms with E-state index < -0.39 is 28.5 Å². The van der Waals surface area contributed by atoms with Crippen molar-refractivity contribution in [2.24, 2.45) is 0 Å². The van der Waals surface area contributed by atoms with Gasteiger partial charge in [-0.1, -0.05) is 48.4 Å². The first kappa shape index (κ1) is 30.5. The van der Waals surface area contributed by atoms with Crippen molar-refractivity contribution in [3.63, 3.8) is 0 Å². The minimum atomic E-state index is -4.10. The Bertz CT molecular complexity index is 1360. The lowest BCUT2D eigenvalue weighted by Gasteiger charge is -2.32. The van der Waals surface area contributed by atoms with Crippen molar-refractivity contribution in [1.82, 2.24) is 10.2 Å². The molecule has 0 bridgehead atoms. The second kappa shape index (κ2) is 13.9. The molecule has 0 saturated carbocycles. The third-order valence-corrected chi connectivity index (χ3v) is 9.01. The van der Waals surface area contributed by atoms with Crippen LogP contribution in [0.2, 0.25) is 5.02 Å². The van der Waals surface area contributed by atoms with Crippen LogP contribution in [0.5, 0.6) is 0 Å². The molecule has 208 valence electrons. The van der Waals surface area contributed by atoms with Crippen molar-refractivity contribution >= 4 is 50.9 Å². The van der Waals surface area contributed by atoms with Gasteiger partial charge in [0, 0.05) is 23.0 Å². The molecule has 1 N–H and O–H groups in total. The number of sulfonamides is 1. The van der Waals surface area contributed by atoms with Gasteiger partial charge in [-0.15, -0.1) is 11.8 Å². The second-order valence-electron chi connectivity index (χ2n) is 9.14. The largest absolute Gasteiger partial charge is 0.354 e. The van der Waals surface area contributed by atoms with Crippen LogP contribution in [0.25, 0.3) is 0 Å². The van der Waals surface area contributed by atoms with Crippen molar-refractivity contribution in [1.29, 1.82) is 0 Å². The minimum Gasteiger partial charge on any atom is -0.354 e. The summed E-state index contributed by atoms with van der Waals surface area (Å²) in [5, 5.41) is 3.38. The Morgan fingerprint density at radius 3 is 2.15 bits per heavy atom. The van der Waals surface area contributed by atoms with Crippen LogP contribution >= 0.6 is 23.4 Å². The summed E-state index contributed by atoms with van der Waals surface area (Å²) in [6.45, 7) is 5.60. The fourth-order valence-electron chi connectivity index (χ4n) is 3.88. The summed E-state index contributed by atoms with van der Waals surface area (Å²) in [5.41, 5.74) is 2.08. The first-order chi connectivity index (χ1) is 18.6. The van der Waals surface area contributed by atoms with E-state index in [1.165, 1.54) is 16.7 Å². The monoisotopic (exact) mass is 587 g/mol. The third-order valence-electron chi connectivity index (χ3n) is 6.23. The molecule has 3 aromatic carbocycles. The lowest BCUT2D eigenvalue weighted by Crippen LogP contribution is -2.51. The highest BCUT2D eigenvalue weighted by atomic mass is 35.5. The van der Waals surface area contributed by atoms with E-state index >= 15 is 0 Å². The van der Waals surface area contributed by atoms with Gasteiger partial charge in [0.05, 0.1) is 10.6 Å². The predicted octanol–water partition coefficient (Wildman–Crippen LogP) is 5.51.